The van der Waals surface area contributed by atoms with Gasteiger partial charge in [0.25, 0.3) is 5.56 Å². The maximum atomic E-state index is 13.1. The third kappa shape index (κ3) is 1.92. The molecule has 0 aliphatic heterocycles. The van der Waals surface area contributed by atoms with Crippen molar-refractivity contribution in [3.63, 3.8) is 0 Å². The summed E-state index contributed by atoms with van der Waals surface area (Å²) in [7, 11) is 0. The molecule has 0 bridgehead atoms. The Bertz CT molecular complexity index is 640. The summed E-state index contributed by atoms with van der Waals surface area (Å²) in [5.41, 5.74) is 7.69. The molecule has 4 nitrogen and oxygen atoms in total. The summed E-state index contributed by atoms with van der Waals surface area (Å²) in [6.07, 6.45) is 0. The van der Waals surface area contributed by atoms with Crippen LogP contribution in [-0.2, 0) is 0 Å². The van der Waals surface area contributed by atoms with Crippen LogP contribution in [0.5, 0.6) is 0 Å². The molecule has 0 aliphatic carbocycles. The van der Waals surface area contributed by atoms with Gasteiger partial charge in [0.05, 0.1) is 11.4 Å². The van der Waals surface area contributed by atoms with E-state index in [1.54, 1.807) is 13.0 Å². The molecule has 5 heteroatoms. The molecule has 0 spiro atoms. The standard InChI is InChI=1S/C13H16FN3O/c1-7(2)12-11(15)13(18)17(16-12)10-5-4-9(14)6-8(10)3/h4-7,16H,15H2,1-3H3. The maximum Gasteiger partial charge on any atom is 0.294 e. The van der Waals surface area contributed by atoms with E-state index in [0.717, 1.165) is 0 Å². The zero-order valence-electron chi connectivity index (χ0n) is 10.6. The Balaban J connectivity index is 2.65. The van der Waals surface area contributed by atoms with Gasteiger partial charge in [-0.25, -0.2) is 9.07 Å². The average molecular weight is 249 g/mol. The summed E-state index contributed by atoms with van der Waals surface area (Å²) in [6, 6.07) is 4.26. The van der Waals surface area contributed by atoms with Crippen LogP contribution in [0.3, 0.4) is 0 Å². The van der Waals surface area contributed by atoms with Gasteiger partial charge in [0.2, 0.25) is 0 Å². The molecular formula is C13H16FN3O. The van der Waals surface area contributed by atoms with Crippen LogP contribution in [0, 0.1) is 12.7 Å². The summed E-state index contributed by atoms with van der Waals surface area (Å²) >= 11 is 0. The first-order valence-electron chi connectivity index (χ1n) is 5.78. The van der Waals surface area contributed by atoms with Crippen molar-refractivity contribution in [2.45, 2.75) is 26.7 Å². The van der Waals surface area contributed by atoms with Crippen molar-refractivity contribution in [2.24, 2.45) is 0 Å². The van der Waals surface area contributed by atoms with Crippen LogP contribution in [0.4, 0.5) is 10.1 Å². The highest BCUT2D eigenvalue weighted by Gasteiger charge is 2.15. The normalized spacial score (nSPS) is 11.2. The van der Waals surface area contributed by atoms with Gasteiger partial charge in [0.1, 0.15) is 11.5 Å². The number of nitrogens with two attached hydrogens (primary N) is 1. The number of H-pyrrole nitrogens is 1. The first-order chi connectivity index (χ1) is 8.41. The highest BCUT2D eigenvalue weighted by Crippen LogP contribution is 2.19. The third-order valence-corrected chi connectivity index (χ3v) is 2.93. The number of nitrogens with zero attached hydrogens (tertiary/aromatic N) is 1. The molecule has 2 rings (SSSR count). The first-order valence-corrected chi connectivity index (χ1v) is 5.78. The van der Waals surface area contributed by atoms with Gasteiger partial charge >= 0.3 is 0 Å². The Morgan fingerprint density at radius 3 is 2.56 bits per heavy atom. The van der Waals surface area contributed by atoms with Crippen LogP contribution < -0.4 is 11.3 Å². The van der Waals surface area contributed by atoms with E-state index in [1.165, 1.54) is 16.8 Å². The van der Waals surface area contributed by atoms with Crippen LogP contribution in [-0.4, -0.2) is 9.78 Å². The number of aromatic nitrogens is 2. The molecule has 96 valence electrons. The van der Waals surface area contributed by atoms with Gasteiger partial charge in [-0.15, -0.1) is 0 Å². The molecule has 1 aromatic heterocycles. The molecule has 0 fully saturated rings. The van der Waals surface area contributed by atoms with E-state index in [0.29, 0.717) is 16.9 Å². The molecule has 0 unspecified atom stereocenters. The molecule has 1 heterocycles. The number of hydrogen-bond donors (Lipinski definition) is 2. The van der Waals surface area contributed by atoms with Crippen molar-refractivity contribution in [1.82, 2.24) is 9.78 Å². The highest BCUT2D eigenvalue weighted by atomic mass is 19.1. The SMILES string of the molecule is Cc1cc(F)ccc1-n1[nH]c(C(C)C)c(N)c1=O. The third-order valence-electron chi connectivity index (χ3n) is 2.93. The van der Waals surface area contributed by atoms with E-state index in [1.807, 2.05) is 13.8 Å². The van der Waals surface area contributed by atoms with E-state index < -0.39 is 0 Å². The highest BCUT2D eigenvalue weighted by molar-refractivity contribution is 5.48. The van der Waals surface area contributed by atoms with Gasteiger partial charge < -0.3 is 5.73 Å². The van der Waals surface area contributed by atoms with Gasteiger partial charge in [0, 0.05) is 0 Å². The van der Waals surface area contributed by atoms with Gasteiger partial charge in [-0.2, -0.15) is 0 Å². The molecule has 0 saturated carbocycles. The molecule has 1 aromatic carbocycles. The lowest BCUT2D eigenvalue weighted by Gasteiger charge is -2.06. The van der Waals surface area contributed by atoms with Crippen molar-refractivity contribution in [3.05, 3.63) is 45.6 Å². The first kappa shape index (κ1) is 12.4. The largest absolute Gasteiger partial charge is 0.393 e. The number of halogens is 1. The lowest BCUT2D eigenvalue weighted by molar-refractivity contribution is 0.625. The number of aromatic amines is 1. The summed E-state index contributed by atoms with van der Waals surface area (Å²) in [4.78, 5) is 12.0. The second kappa shape index (κ2) is 4.33. The minimum absolute atomic E-state index is 0.125. The zero-order chi connectivity index (χ0) is 13.4. The fourth-order valence-corrected chi connectivity index (χ4v) is 1.95. The van der Waals surface area contributed by atoms with E-state index in [4.69, 9.17) is 5.73 Å². The predicted molar refractivity (Wildman–Crippen MR) is 69.6 cm³/mol. The van der Waals surface area contributed by atoms with Crippen LogP contribution >= 0.6 is 0 Å². The summed E-state index contributed by atoms with van der Waals surface area (Å²) in [5, 5.41) is 2.98. The molecule has 0 aliphatic rings. The monoisotopic (exact) mass is 249 g/mol. The van der Waals surface area contributed by atoms with Gasteiger partial charge in [-0.1, -0.05) is 13.8 Å². The Hall–Kier alpha value is -2.04. The minimum atomic E-state index is -0.326. The number of rotatable bonds is 2. The van der Waals surface area contributed by atoms with Gasteiger partial charge in [0.15, 0.2) is 0 Å². The van der Waals surface area contributed by atoms with Crippen molar-refractivity contribution in [3.8, 4) is 5.69 Å². The van der Waals surface area contributed by atoms with Crippen LogP contribution in [0.2, 0.25) is 0 Å². The Kier molecular flexibility index (Phi) is 2.98. The number of nitrogen functional groups attached to an aromatic ring is 1. The summed E-state index contributed by atoms with van der Waals surface area (Å²) < 4.78 is 14.4. The Morgan fingerprint density at radius 2 is 2.06 bits per heavy atom. The van der Waals surface area contributed by atoms with Crippen molar-refractivity contribution < 1.29 is 4.39 Å². The Labute approximate surface area is 104 Å². The average Bonchev–Trinajstić information content (AvgIpc) is 2.57. The molecule has 18 heavy (non-hydrogen) atoms. The van der Waals surface area contributed by atoms with Gasteiger partial charge in [-0.05, 0) is 36.6 Å². The molecule has 0 radical (unpaired) electrons. The molecule has 0 saturated heterocycles. The van der Waals surface area contributed by atoms with Crippen LogP contribution in [0.25, 0.3) is 5.69 Å². The lowest BCUT2D eigenvalue weighted by atomic mass is 10.1. The van der Waals surface area contributed by atoms with Crippen molar-refractivity contribution >= 4 is 5.69 Å². The number of hydrogen-bond acceptors (Lipinski definition) is 2. The molecule has 0 atom stereocenters. The smallest absolute Gasteiger partial charge is 0.294 e. The fourth-order valence-electron chi connectivity index (χ4n) is 1.95. The van der Waals surface area contributed by atoms with E-state index >= 15 is 0 Å². The molecule has 2 aromatic rings. The van der Waals surface area contributed by atoms with Crippen molar-refractivity contribution in [2.75, 3.05) is 5.73 Å². The zero-order valence-corrected chi connectivity index (χ0v) is 10.6. The second-order valence-corrected chi connectivity index (χ2v) is 4.67. The lowest BCUT2D eigenvalue weighted by Crippen LogP contribution is -2.17. The number of benzene rings is 1. The number of anilines is 1. The molecule has 0 amide bonds. The van der Waals surface area contributed by atoms with Crippen LogP contribution in [0.15, 0.2) is 23.0 Å². The van der Waals surface area contributed by atoms with E-state index in [9.17, 15) is 9.18 Å². The Morgan fingerprint density at radius 1 is 1.39 bits per heavy atom. The van der Waals surface area contributed by atoms with E-state index in [2.05, 4.69) is 5.10 Å². The predicted octanol–water partition coefficient (Wildman–Crippen LogP) is 2.32. The van der Waals surface area contributed by atoms with Crippen molar-refractivity contribution in [1.29, 1.82) is 0 Å². The summed E-state index contributed by atoms with van der Waals surface area (Å²) in [5.74, 6) is -0.201. The molecular weight excluding hydrogens is 233 g/mol. The van der Waals surface area contributed by atoms with Gasteiger partial charge in [-0.3, -0.25) is 9.89 Å². The van der Waals surface area contributed by atoms with E-state index in [-0.39, 0.29) is 23.0 Å². The molecule has 3 N–H and O–H groups in total. The minimum Gasteiger partial charge on any atom is -0.393 e. The topological polar surface area (TPSA) is 63.8 Å². The second-order valence-electron chi connectivity index (χ2n) is 4.67. The number of aryl methyl sites for hydroxylation is 1. The fraction of sp³-hybridized carbons (Fsp3) is 0.308. The number of nitrogens with one attached hydrogen (secondary N) is 1. The van der Waals surface area contributed by atoms with Crippen LogP contribution in [0.1, 0.15) is 31.0 Å². The maximum absolute atomic E-state index is 13.1. The quantitative estimate of drug-likeness (QED) is 0.857. The summed E-state index contributed by atoms with van der Waals surface area (Å²) in [6.45, 7) is 5.64.